The quantitative estimate of drug-likeness (QED) is 0.165. The molecular formula is C31H21BrClFN2O5. The van der Waals surface area contributed by atoms with E-state index >= 15 is 0 Å². The van der Waals surface area contributed by atoms with E-state index in [-0.39, 0.29) is 24.5 Å². The van der Waals surface area contributed by atoms with Gasteiger partial charge in [-0.3, -0.25) is 14.9 Å². The maximum Gasteiger partial charge on any atom is 0.335 e. The van der Waals surface area contributed by atoms with Crippen LogP contribution in [-0.2, 0) is 22.8 Å². The van der Waals surface area contributed by atoms with Crippen LogP contribution in [0, 0.1) is 5.82 Å². The van der Waals surface area contributed by atoms with E-state index in [1.54, 1.807) is 60.7 Å². The van der Waals surface area contributed by atoms with Crippen molar-refractivity contribution in [2.24, 2.45) is 0 Å². The lowest BCUT2D eigenvalue weighted by molar-refractivity contribution is -0.122. The zero-order valence-corrected chi connectivity index (χ0v) is 23.6. The van der Waals surface area contributed by atoms with Crippen LogP contribution in [0.4, 0.5) is 14.9 Å². The molecule has 0 radical (unpaired) electrons. The molecule has 1 fully saturated rings. The Morgan fingerprint density at radius 3 is 2.41 bits per heavy atom. The average molecular weight is 636 g/mol. The van der Waals surface area contributed by atoms with Gasteiger partial charge in [-0.25, -0.2) is 14.1 Å². The molecule has 1 heterocycles. The van der Waals surface area contributed by atoms with E-state index in [0.717, 1.165) is 10.5 Å². The molecule has 1 aliphatic heterocycles. The van der Waals surface area contributed by atoms with Crippen molar-refractivity contribution >= 4 is 57.1 Å². The van der Waals surface area contributed by atoms with Gasteiger partial charge in [-0.1, -0.05) is 57.9 Å². The second kappa shape index (κ2) is 12.4. The number of nitrogens with zero attached hydrogens (tertiary/aromatic N) is 1. The summed E-state index contributed by atoms with van der Waals surface area (Å²) in [4.78, 5) is 39.7. The number of anilines is 1. The van der Waals surface area contributed by atoms with Crippen LogP contribution in [0.2, 0.25) is 5.02 Å². The number of ether oxygens (including phenoxy) is 2. The third kappa shape index (κ3) is 6.65. The highest BCUT2D eigenvalue weighted by molar-refractivity contribution is 9.10. The Morgan fingerprint density at radius 1 is 0.878 bits per heavy atom. The predicted molar refractivity (Wildman–Crippen MR) is 156 cm³/mol. The summed E-state index contributed by atoms with van der Waals surface area (Å²) in [5.41, 5.74) is 1.80. The van der Waals surface area contributed by atoms with E-state index in [4.69, 9.17) is 21.1 Å². The minimum Gasteiger partial charge on any atom is -0.489 e. The van der Waals surface area contributed by atoms with Crippen molar-refractivity contribution in [3.63, 3.8) is 0 Å². The summed E-state index contributed by atoms with van der Waals surface area (Å²) in [6.45, 7) is 0.297. The molecule has 1 aliphatic rings. The van der Waals surface area contributed by atoms with Gasteiger partial charge in [-0.05, 0) is 72.3 Å². The van der Waals surface area contributed by atoms with Crippen LogP contribution in [-0.4, -0.2) is 17.8 Å². The first-order chi connectivity index (χ1) is 19.8. The molecule has 0 bridgehead atoms. The summed E-state index contributed by atoms with van der Waals surface area (Å²) in [6, 6.07) is 23.8. The number of barbiturate groups is 1. The largest absolute Gasteiger partial charge is 0.489 e. The molecule has 4 aromatic carbocycles. The lowest BCUT2D eigenvalue weighted by Gasteiger charge is -2.26. The minimum atomic E-state index is -0.876. The van der Waals surface area contributed by atoms with Gasteiger partial charge in [-0.15, -0.1) is 0 Å². The first-order valence-corrected chi connectivity index (χ1v) is 13.5. The highest BCUT2D eigenvalue weighted by Crippen LogP contribution is 2.29. The van der Waals surface area contributed by atoms with Crippen LogP contribution in [0.1, 0.15) is 16.7 Å². The van der Waals surface area contributed by atoms with Crippen molar-refractivity contribution in [1.82, 2.24) is 5.32 Å². The number of urea groups is 1. The van der Waals surface area contributed by atoms with Gasteiger partial charge < -0.3 is 9.47 Å². The molecule has 1 saturated heterocycles. The fraction of sp³-hybridized carbons (Fsp3) is 0.0645. The van der Waals surface area contributed by atoms with Gasteiger partial charge in [-0.2, -0.15) is 0 Å². The number of nitrogens with one attached hydrogen (secondary N) is 1. The molecule has 7 nitrogen and oxygen atoms in total. The standard InChI is InChI=1S/C31H21BrClFN2O5/c32-22-8-13-28(41-17-19-4-3-6-23(34)14-19)21(15-22)16-26-29(37)35-31(39)36(30(26)38)24-9-11-25(12-10-24)40-18-20-5-1-2-7-27(20)33/h1-16H,17-18H2,(H,35,37,39)/b26-16+. The third-order valence-corrected chi connectivity index (χ3v) is 6.97. The van der Waals surface area contributed by atoms with Crippen molar-refractivity contribution in [3.8, 4) is 11.5 Å². The molecule has 0 aromatic heterocycles. The lowest BCUT2D eigenvalue weighted by atomic mass is 10.1. The monoisotopic (exact) mass is 634 g/mol. The molecule has 41 heavy (non-hydrogen) atoms. The zero-order chi connectivity index (χ0) is 28.9. The maximum atomic E-state index is 13.6. The summed E-state index contributed by atoms with van der Waals surface area (Å²) in [5.74, 6) is -1.18. The fourth-order valence-corrected chi connectivity index (χ4v) is 4.64. The van der Waals surface area contributed by atoms with Crippen molar-refractivity contribution in [3.05, 3.63) is 129 Å². The van der Waals surface area contributed by atoms with E-state index < -0.39 is 23.7 Å². The summed E-state index contributed by atoms with van der Waals surface area (Å²) < 4.78 is 25.9. The fourth-order valence-electron chi connectivity index (χ4n) is 4.07. The number of carbonyl (C=O) groups excluding carboxylic acids is 3. The lowest BCUT2D eigenvalue weighted by Crippen LogP contribution is -2.54. The topological polar surface area (TPSA) is 84.9 Å². The number of carbonyl (C=O) groups is 3. The smallest absolute Gasteiger partial charge is 0.335 e. The van der Waals surface area contributed by atoms with Crippen LogP contribution in [0.15, 0.2) is 101 Å². The van der Waals surface area contributed by atoms with Crippen LogP contribution in [0.25, 0.3) is 6.08 Å². The van der Waals surface area contributed by atoms with Gasteiger partial charge >= 0.3 is 6.03 Å². The molecule has 0 atom stereocenters. The van der Waals surface area contributed by atoms with E-state index in [0.29, 0.717) is 32.1 Å². The summed E-state index contributed by atoms with van der Waals surface area (Å²) in [7, 11) is 0. The van der Waals surface area contributed by atoms with E-state index in [9.17, 15) is 18.8 Å². The van der Waals surface area contributed by atoms with Gasteiger partial charge in [0.25, 0.3) is 11.8 Å². The Hall–Kier alpha value is -4.47. The summed E-state index contributed by atoms with van der Waals surface area (Å²) >= 11 is 9.57. The Morgan fingerprint density at radius 2 is 1.66 bits per heavy atom. The highest BCUT2D eigenvalue weighted by Gasteiger charge is 2.37. The molecule has 4 amide bonds. The van der Waals surface area contributed by atoms with E-state index in [1.165, 1.54) is 18.2 Å². The Kier molecular flexibility index (Phi) is 8.47. The molecule has 10 heteroatoms. The summed E-state index contributed by atoms with van der Waals surface area (Å²) in [6.07, 6.45) is 1.35. The van der Waals surface area contributed by atoms with Crippen molar-refractivity contribution in [2.45, 2.75) is 13.2 Å². The minimum absolute atomic E-state index is 0.0607. The SMILES string of the molecule is O=C1NC(=O)N(c2ccc(OCc3ccccc3Cl)cc2)C(=O)/C1=C/c1cc(Br)ccc1OCc1cccc(F)c1. The van der Waals surface area contributed by atoms with Gasteiger partial charge in [0.2, 0.25) is 0 Å². The number of hydrogen-bond donors (Lipinski definition) is 1. The number of imide groups is 2. The number of benzene rings is 4. The molecule has 4 aromatic rings. The molecule has 0 aliphatic carbocycles. The maximum absolute atomic E-state index is 13.6. The first-order valence-electron chi connectivity index (χ1n) is 12.3. The third-order valence-electron chi connectivity index (χ3n) is 6.10. The number of rotatable bonds is 8. The second-order valence-corrected chi connectivity index (χ2v) is 10.3. The van der Waals surface area contributed by atoms with Crippen molar-refractivity contribution < 1.29 is 28.2 Å². The number of hydrogen-bond acceptors (Lipinski definition) is 5. The molecule has 0 unspecified atom stereocenters. The highest BCUT2D eigenvalue weighted by atomic mass is 79.9. The number of halogens is 3. The normalized spacial score (nSPS) is 14.3. The van der Waals surface area contributed by atoms with Crippen LogP contribution < -0.4 is 19.7 Å². The Bertz CT molecular complexity index is 1680. The van der Waals surface area contributed by atoms with Crippen molar-refractivity contribution in [2.75, 3.05) is 4.90 Å². The van der Waals surface area contributed by atoms with Crippen molar-refractivity contribution in [1.29, 1.82) is 0 Å². The van der Waals surface area contributed by atoms with Crippen LogP contribution in [0.5, 0.6) is 11.5 Å². The molecular weight excluding hydrogens is 615 g/mol. The van der Waals surface area contributed by atoms with E-state index in [2.05, 4.69) is 21.2 Å². The van der Waals surface area contributed by atoms with E-state index in [1.807, 2.05) is 18.2 Å². The van der Waals surface area contributed by atoms with Gasteiger partial charge in [0, 0.05) is 20.6 Å². The summed E-state index contributed by atoms with van der Waals surface area (Å²) in [5, 5.41) is 2.79. The zero-order valence-electron chi connectivity index (χ0n) is 21.3. The molecule has 0 spiro atoms. The Labute approximate surface area is 248 Å². The first kappa shape index (κ1) is 28.1. The van der Waals surface area contributed by atoms with Gasteiger partial charge in [0.05, 0.1) is 5.69 Å². The van der Waals surface area contributed by atoms with Gasteiger partial charge in [0.1, 0.15) is 36.1 Å². The van der Waals surface area contributed by atoms with Crippen LogP contribution in [0.3, 0.4) is 0 Å². The second-order valence-electron chi connectivity index (χ2n) is 8.93. The average Bonchev–Trinajstić information content (AvgIpc) is 2.95. The molecule has 1 N–H and O–H groups in total. The molecule has 5 rings (SSSR count). The molecule has 206 valence electrons. The predicted octanol–water partition coefficient (Wildman–Crippen LogP) is 7.07. The molecule has 0 saturated carbocycles. The number of amides is 4. The Balaban J connectivity index is 1.36. The van der Waals surface area contributed by atoms with Gasteiger partial charge in [0.15, 0.2) is 0 Å². The van der Waals surface area contributed by atoms with Crippen LogP contribution >= 0.6 is 27.5 Å².